The van der Waals surface area contributed by atoms with E-state index in [0.29, 0.717) is 16.5 Å². The molecule has 0 radical (unpaired) electrons. The minimum absolute atomic E-state index is 0.368. The Bertz CT molecular complexity index is 384. The summed E-state index contributed by atoms with van der Waals surface area (Å²) in [6, 6.07) is 7.04. The number of aromatic nitrogens is 2. The largest absolute Gasteiger partial charge is 0.397 e. The summed E-state index contributed by atoms with van der Waals surface area (Å²) in [6.45, 7) is 0. The monoisotopic (exact) mass is 222 g/mol. The molecule has 0 atom stereocenters. The van der Waals surface area contributed by atoms with Crippen molar-refractivity contribution in [3.05, 3.63) is 48.0 Å². The molecule has 0 saturated carbocycles. The van der Waals surface area contributed by atoms with E-state index in [4.69, 9.17) is 23.1 Å². The first-order chi connectivity index (χ1) is 7.20. The first-order valence-electron chi connectivity index (χ1n) is 4.21. The predicted molar refractivity (Wildman–Crippen MR) is 62.3 cm³/mol. The molecule has 2 aromatic rings. The first kappa shape index (κ1) is 11.3. The van der Waals surface area contributed by atoms with Crippen LogP contribution in [0.2, 0.25) is 5.15 Å². The molecule has 2 rings (SSSR count). The SMILES string of the molecule is Nc1cccnc1.Nc1cccnc1Cl. The van der Waals surface area contributed by atoms with Gasteiger partial charge < -0.3 is 11.5 Å². The molecule has 0 amide bonds. The molecule has 0 aliphatic heterocycles. The molecule has 2 aromatic heterocycles. The smallest absolute Gasteiger partial charge is 0.151 e. The Kier molecular flexibility index (Phi) is 4.37. The Morgan fingerprint density at radius 1 is 1.07 bits per heavy atom. The Balaban J connectivity index is 0.000000151. The fraction of sp³-hybridized carbons (Fsp3) is 0. The summed E-state index contributed by atoms with van der Waals surface area (Å²) >= 11 is 5.47. The Hall–Kier alpha value is -1.81. The number of nitrogens with zero attached hydrogens (tertiary/aromatic N) is 2. The number of hydrogen-bond donors (Lipinski definition) is 2. The van der Waals surface area contributed by atoms with Crippen molar-refractivity contribution in [1.29, 1.82) is 0 Å². The number of anilines is 2. The summed E-state index contributed by atoms with van der Waals surface area (Å²) in [5, 5.41) is 0.368. The molecule has 0 unspecified atom stereocenters. The first-order valence-corrected chi connectivity index (χ1v) is 4.59. The van der Waals surface area contributed by atoms with Crippen LogP contribution >= 0.6 is 11.6 Å². The molecule has 0 spiro atoms. The Morgan fingerprint density at radius 2 is 1.80 bits per heavy atom. The van der Waals surface area contributed by atoms with E-state index in [-0.39, 0.29) is 0 Å². The van der Waals surface area contributed by atoms with Gasteiger partial charge in [0.1, 0.15) is 0 Å². The van der Waals surface area contributed by atoms with Crippen LogP contribution in [-0.2, 0) is 0 Å². The lowest BCUT2D eigenvalue weighted by atomic mass is 10.4. The number of halogens is 1. The topological polar surface area (TPSA) is 77.8 Å². The lowest BCUT2D eigenvalue weighted by Gasteiger charge is -1.90. The minimum Gasteiger partial charge on any atom is -0.397 e. The highest BCUT2D eigenvalue weighted by Crippen LogP contribution is 2.11. The van der Waals surface area contributed by atoms with Gasteiger partial charge in [0.25, 0.3) is 0 Å². The van der Waals surface area contributed by atoms with E-state index in [1.54, 1.807) is 42.9 Å². The summed E-state index contributed by atoms with van der Waals surface area (Å²) in [7, 11) is 0. The number of nitrogens with two attached hydrogens (primary N) is 2. The van der Waals surface area contributed by atoms with Crippen LogP contribution < -0.4 is 11.5 Å². The summed E-state index contributed by atoms with van der Waals surface area (Å²) in [5.41, 5.74) is 11.9. The second-order valence-corrected chi connectivity index (χ2v) is 3.03. The number of hydrogen-bond acceptors (Lipinski definition) is 4. The Labute approximate surface area is 92.9 Å². The molecule has 0 fully saturated rings. The highest BCUT2D eigenvalue weighted by atomic mass is 35.5. The molecule has 4 nitrogen and oxygen atoms in total. The summed E-state index contributed by atoms with van der Waals surface area (Å²) in [4.78, 5) is 7.48. The van der Waals surface area contributed by atoms with Crippen molar-refractivity contribution >= 4 is 23.0 Å². The van der Waals surface area contributed by atoms with Crippen molar-refractivity contribution in [2.24, 2.45) is 0 Å². The van der Waals surface area contributed by atoms with E-state index < -0.39 is 0 Å². The third kappa shape index (κ3) is 4.28. The van der Waals surface area contributed by atoms with E-state index in [1.165, 1.54) is 0 Å². The maximum Gasteiger partial charge on any atom is 0.151 e. The van der Waals surface area contributed by atoms with Crippen molar-refractivity contribution in [3.8, 4) is 0 Å². The minimum atomic E-state index is 0.368. The van der Waals surface area contributed by atoms with Crippen LogP contribution in [0.1, 0.15) is 0 Å². The average Bonchev–Trinajstić information content (AvgIpc) is 2.25. The van der Waals surface area contributed by atoms with Gasteiger partial charge in [-0.15, -0.1) is 0 Å². The highest BCUT2D eigenvalue weighted by Gasteiger charge is 1.89. The second kappa shape index (κ2) is 5.82. The van der Waals surface area contributed by atoms with Gasteiger partial charge in [-0.05, 0) is 24.3 Å². The van der Waals surface area contributed by atoms with Gasteiger partial charge in [0.05, 0.1) is 11.4 Å². The van der Waals surface area contributed by atoms with Crippen LogP contribution in [0.5, 0.6) is 0 Å². The molecule has 0 aliphatic carbocycles. The Morgan fingerprint density at radius 3 is 2.13 bits per heavy atom. The van der Waals surface area contributed by atoms with E-state index in [9.17, 15) is 0 Å². The summed E-state index contributed by atoms with van der Waals surface area (Å²) in [6.07, 6.45) is 4.90. The molecule has 0 bridgehead atoms. The van der Waals surface area contributed by atoms with Gasteiger partial charge in [-0.2, -0.15) is 0 Å². The van der Waals surface area contributed by atoms with Gasteiger partial charge in [-0.1, -0.05) is 11.6 Å². The number of rotatable bonds is 0. The highest BCUT2D eigenvalue weighted by molar-refractivity contribution is 6.31. The third-order valence-corrected chi connectivity index (χ3v) is 1.79. The van der Waals surface area contributed by atoms with Gasteiger partial charge in [-0.3, -0.25) is 4.98 Å². The summed E-state index contributed by atoms with van der Waals surface area (Å²) in [5.74, 6) is 0. The molecular weight excluding hydrogens is 212 g/mol. The van der Waals surface area contributed by atoms with E-state index in [2.05, 4.69) is 9.97 Å². The van der Waals surface area contributed by atoms with Crippen LogP contribution in [0.15, 0.2) is 42.9 Å². The standard InChI is InChI=1S/C5H5ClN2.C5H6N2/c6-5-4(7)2-1-3-8-5;6-5-2-1-3-7-4-5/h1-3H,7H2;1-4H,6H2. The van der Waals surface area contributed by atoms with Gasteiger partial charge >= 0.3 is 0 Å². The second-order valence-electron chi connectivity index (χ2n) is 2.67. The quantitative estimate of drug-likeness (QED) is 0.669. The van der Waals surface area contributed by atoms with Gasteiger partial charge in [0.15, 0.2) is 5.15 Å². The zero-order valence-electron chi connectivity index (χ0n) is 7.97. The van der Waals surface area contributed by atoms with Gasteiger partial charge in [0, 0.05) is 18.6 Å². The fourth-order valence-corrected chi connectivity index (χ4v) is 0.894. The zero-order valence-corrected chi connectivity index (χ0v) is 8.72. The van der Waals surface area contributed by atoms with Crippen LogP contribution in [0.25, 0.3) is 0 Å². The predicted octanol–water partition coefficient (Wildman–Crippen LogP) is 1.98. The van der Waals surface area contributed by atoms with E-state index in [0.717, 1.165) is 0 Å². The van der Waals surface area contributed by atoms with Gasteiger partial charge in [0.2, 0.25) is 0 Å². The van der Waals surface area contributed by atoms with Crippen LogP contribution in [0.4, 0.5) is 11.4 Å². The maximum absolute atomic E-state index is 5.47. The average molecular weight is 223 g/mol. The normalized spacial score (nSPS) is 8.87. The van der Waals surface area contributed by atoms with Crippen LogP contribution in [0, 0.1) is 0 Å². The number of pyridine rings is 2. The molecule has 4 N–H and O–H groups in total. The molecule has 5 heteroatoms. The molecule has 0 saturated heterocycles. The lowest BCUT2D eigenvalue weighted by molar-refractivity contribution is 1.33. The molecule has 78 valence electrons. The van der Waals surface area contributed by atoms with Crippen molar-refractivity contribution in [2.75, 3.05) is 11.5 Å². The third-order valence-electron chi connectivity index (χ3n) is 1.47. The van der Waals surface area contributed by atoms with Crippen LogP contribution in [0.3, 0.4) is 0 Å². The molecular formula is C10H11ClN4. The molecule has 2 heterocycles. The lowest BCUT2D eigenvalue weighted by Crippen LogP contribution is -1.85. The number of nitrogen functional groups attached to an aromatic ring is 2. The molecule has 0 aliphatic rings. The maximum atomic E-state index is 5.47. The van der Waals surface area contributed by atoms with Crippen molar-refractivity contribution in [2.45, 2.75) is 0 Å². The van der Waals surface area contributed by atoms with E-state index in [1.807, 2.05) is 0 Å². The van der Waals surface area contributed by atoms with E-state index >= 15 is 0 Å². The van der Waals surface area contributed by atoms with Gasteiger partial charge in [-0.25, -0.2) is 4.98 Å². The molecule has 15 heavy (non-hydrogen) atoms. The van der Waals surface area contributed by atoms with Crippen molar-refractivity contribution in [3.63, 3.8) is 0 Å². The van der Waals surface area contributed by atoms with Crippen molar-refractivity contribution < 1.29 is 0 Å². The van der Waals surface area contributed by atoms with Crippen molar-refractivity contribution in [1.82, 2.24) is 9.97 Å². The zero-order chi connectivity index (χ0) is 11.1. The fourth-order valence-electron chi connectivity index (χ4n) is 0.774. The van der Waals surface area contributed by atoms with Crippen LogP contribution in [-0.4, -0.2) is 9.97 Å². The summed E-state index contributed by atoms with van der Waals surface area (Å²) < 4.78 is 0. The molecule has 0 aromatic carbocycles.